The number of carbonyl (C=O) groups is 1. The molecule has 14 nitrogen and oxygen atoms in total. The van der Waals surface area contributed by atoms with Crippen LogP contribution in [0.15, 0.2) is 78.0 Å². The average molecular weight is 938 g/mol. The van der Waals surface area contributed by atoms with E-state index in [1.54, 1.807) is 19.1 Å². The number of carbonyl (C=O) groups excluding carboxylic acids is 1. The van der Waals surface area contributed by atoms with E-state index in [-0.39, 0.29) is 57.9 Å². The van der Waals surface area contributed by atoms with Crippen LogP contribution < -0.4 is 24.4 Å². The topological polar surface area (TPSA) is 172 Å². The number of nitro groups is 1. The third-order valence-corrected chi connectivity index (χ3v) is 16.6. The smallest absolute Gasteiger partial charge is 0.297 e. The minimum absolute atomic E-state index is 0.0100. The third-order valence-electron chi connectivity index (χ3n) is 15.3. The molecule has 354 valence electrons. The number of ether oxygens (including phenoxy) is 2. The van der Waals surface area contributed by atoms with Gasteiger partial charge in [0.05, 0.1) is 33.0 Å². The Hall–Kier alpha value is -5.81. The Labute approximate surface area is 389 Å². The summed E-state index contributed by atoms with van der Waals surface area (Å²) in [5.41, 5.74) is 2.33. The van der Waals surface area contributed by atoms with Crippen molar-refractivity contribution in [3.05, 3.63) is 106 Å². The van der Waals surface area contributed by atoms with Gasteiger partial charge in [-0.1, -0.05) is 38.1 Å². The lowest BCUT2D eigenvalue weighted by Crippen LogP contribution is -2.54. The van der Waals surface area contributed by atoms with Gasteiger partial charge in [-0.3, -0.25) is 19.8 Å². The molecule has 5 aliphatic rings. The highest BCUT2D eigenvalue weighted by atomic mass is 32.2. The number of aromatic nitrogens is 2. The van der Waals surface area contributed by atoms with Crippen molar-refractivity contribution in [1.29, 1.82) is 0 Å². The number of amides is 1. The van der Waals surface area contributed by atoms with Gasteiger partial charge in [-0.05, 0) is 124 Å². The van der Waals surface area contributed by atoms with E-state index in [4.69, 9.17) is 9.47 Å². The number of alkyl halides is 1. The molecule has 3 aliphatic heterocycles. The number of benzene rings is 3. The molecule has 67 heavy (non-hydrogen) atoms. The van der Waals surface area contributed by atoms with Crippen LogP contribution in [0.4, 0.5) is 25.8 Å². The second-order valence-electron chi connectivity index (χ2n) is 20.0. The fourth-order valence-electron chi connectivity index (χ4n) is 11.5. The molecule has 2 aliphatic carbocycles. The summed E-state index contributed by atoms with van der Waals surface area (Å²) in [5, 5.41) is 15.7. The van der Waals surface area contributed by atoms with E-state index in [0.717, 1.165) is 63.1 Å². The molecule has 0 unspecified atom stereocenters. The standard InChI is InChI=1S/C50H57F2N7O7S/c1-30(2)36-7-4-5-8-37(36)42-9-6-18-58(42)33-25-50(26-33)16-19-57(20-17-50)32-10-11-38(44(21-32)66-34-22-39-40(51)28-54-47(39)53-27-34)48(60)56-67(63,64)35-23-43(59(61)62)46-45(24-35)65-29-41(55-46)31-12-14-49(3,52)15-13-31/h4-5,7-8,10-11,21-24,27-28,30-31,33,41-42,55H,6,9,12-20,25-26,29H2,1-3H3,(H,53,54)(H,56,60)/t31?,41-,42+,49?/m1/s1. The van der Waals surface area contributed by atoms with Gasteiger partial charge in [0.2, 0.25) is 0 Å². The van der Waals surface area contributed by atoms with Crippen molar-refractivity contribution in [3.8, 4) is 17.2 Å². The van der Waals surface area contributed by atoms with E-state index in [9.17, 15) is 32.1 Å². The first-order valence-corrected chi connectivity index (χ1v) is 25.1. The predicted molar refractivity (Wildman–Crippen MR) is 251 cm³/mol. The number of H-pyrrole nitrogens is 1. The molecule has 4 fully saturated rings. The molecule has 3 N–H and O–H groups in total. The van der Waals surface area contributed by atoms with Crippen LogP contribution in [0, 0.1) is 27.3 Å². The second kappa shape index (κ2) is 17.4. The number of pyridine rings is 1. The minimum Gasteiger partial charge on any atom is -0.489 e. The maximum absolute atomic E-state index is 14.7. The number of nitro benzene ring substituents is 1. The SMILES string of the molecule is CC(C)c1ccccc1[C@@H]1CCCN1C1CC2(CCN(c3ccc(C(=O)NS(=O)(=O)c4cc5c(c([N+](=O)[O-])c4)N[C@@H](C4CCC(C)(F)CC4)CO5)c(Oc4cnc5[nH]cc(F)c5c4)c3)CC2)C1. The molecule has 2 atom stereocenters. The molecule has 0 radical (unpaired) electrons. The number of piperidine rings is 1. The number of nitrogens with zero attached hydrogens (tertiary/aromatic N) is 4. The van der Waals surface area contributed by atoms with Crippen LogP contribution in [0.2, 0.25) is 0 Å². The van der Waals surface area contributed by atoms with Crippen molar-refractivity contribution in [2.45, 2.75) is 120 Å². The van der Waals surface area contributed by atoms with E-state index < -0.39 is 42.9 Å². The van der Waals surface area contributed by atoms with Gasteiger partial charge >= 0.3 is 0 Å². The first-order chi connectivity index (χ1) is 32.1. The number of anilines is 2. The van der Waals surface area contributed by atoms with Crippen LogP contribution in [0.1, 0.15) is 118 Å². The quantitative estimate of drug-likeness (QED) is 0.0850. The second-order valence-corrected chi connectivity index (χ2v) is 21.7. The number of likely N-dealkylation sites (tertiary alicyclic amines) is 1. The van der Waals surface area contributed by atoms with Crippen molar-refractivity contribution in [3.63, 3.8) is 0 Å². The summed E-state index contributed by atoms with van der Waals surface area (Å²) in [6, 6.07) is 18.0. The number of hydrogen-bond donors (Lipinski definition) is 3. The monoisotopic (exact) mass is 937 g/mol. The van der Waals surface area contributed by atoms with Crippen molar-refractivity contribution in [1.82, 2.24) is 19.6 Å². The lowest BCUT2D eigenvalue weighted by atomic mass is 9.59. The Morgan fingerprint density at radius 1 is 1.03 bits per heavy atom. The zero-order chi connectivity index (χ0) is 46.8. The van der Waals surface area contributed by atoms with E-state index in [2.05, 4.69) is 67.9 Å². The third kappa shape index (κ3) is 8.80. The molecule has 10 rings (SSSR count). The van der Waals surface area contributed by atoms with Gasteiger partial charge in [0.1, 0.15) is 35.2 Å². The molecule has 2 saturated heterocycles. The fourth-order valence-corrected chi connectivity index (χ4v) is 12.5. The first-order valence-electron chi connectivity index (χ1n) is 23.6. The normalized spacial score (nSPS) is 24.2. The average Bonchev–Trinajstić information content (AvgIpc) is 3.94. The van der Waals surface area contributed by atoms with Crippen LogP contribution in [-0.4, -0.2) is 78.1 Å². The largest absolute Gasteiger partial charge is 0.489 e. The molecular formula is C50H57F2N7O7S. The molecule has 17 heteroatoms. The molecule has 1 spiro atoms. The van der Waals surface area contributed by atoms with Crippen molar-refractivity contribution in [2.75, 3.05) is 36.5 Å². The summed E-state index contributed by atoms with van der Waals surface area (Å²) >= 11 is 0. The lowest BCUT2D eigenvalue weighted by molar-refractivity contribution is -0.384. The molecule has 1 amide bonds. The molecule has 0 bridgehead atoms. The van der Waals surface area contributed by atoms with Gasteiger partial charge in [0.25, 0.3) is 21.6 Å². The Balaban J connectivity index is 0.863. The fraction of sp³-hybridized carbons (Fsp3) is 0.480. The molecule has 2 saturated carbocycles. The Kier molecular flexibility index (Phi) is 11.7. The zero-order valence-corrected chi connectivity index (χ0v) is 38.8. The number of rotatable bonds is 11. The zero-order valence-electron chi connectivity index (χ0n) is 38.0. The number of sulfonamides is 1. The van der Waals surface area contributed by atoms with Crippen LogP contribution in [0.3, 0.4) is 0 Å². The number of fused-ring (bicyclic) bond motifs is 2. The molecule has 5 heterocycles. The van der Waals surface area contributed by atoms with Crippen molar-refractivity contribution in [2.24, 2.45) is 11.3 Å². The Morgan fingerprint density at radius 2 is 1.79 bits per heavy atom. The van der Waals surface area contributed by atoms with Crippen LogP contribution in [0.5, 0.6) is 17.2 Å². The van der Waals surface area contributed by atoms with Crippen molar-refractivity contribution >= 4 is 44.0 Å². The van der Waals surface area contributed by atoms with Gasteiger partial charge in [-0.15, -0.1) is 0 Å². The summed E-state index contributed by atoms with van der Waals surface area (Å²) < 4.78 is 71.4. The summed E-state index contributed by atoms with van der Waals surface area (Å²) in [5.74, 6) is -1.02. The van der Waals surface area contributed by atoms with E-state index in [0.29, 0.717) is 49.3 Å². The molecule has 5 aromatic rings. The summed E-state index contributed by atoms with van der Waals surface area (Å²) in [7, 11) is -4.73. The first kappa shape index (κ1) is 45.0. The van der Waals surface area contributed by atoms with Gasteiger partial charge in [-0.25, -0.2) is 26.9 Å². The molecule has 3 aromatic carbocycles. The predicted octanol–water partition coefficient (Wildman–Crippen LogP) is 10.3. The molecular weight excluding hydrogens is 881 g/mol. The van der Waals surface area contributed by atoms with Gasteiger partial charge in [-0.2, -0.15) is 0 Å². The summed E-state index contributed by atoms with van der Waals surface area (Å²) in [6.07, 6.45) is 11.1. The van der Waals surface area contributed by atoms with Gasteiger partial charge in [0, 0.05) is 55.3 Å². The summed E-state index contributed by atoms with van der Waals surface area (Å²) in [4.78, 5) is 37.2. The number of hydrogen-bond acceptors (Lipinski definition) is 11. The van der Waals surface area contributed by atoms with E-state index >= 15 is 0 Å². The molecule has 2 aromatic heterocycles. The summed E-state index contributed by atoms with van der Waals surface area (Å²) in [6.45, 7) is 8.89. The number of aromatic amines is 1. The lowest BCUT2D eigenvalue weighted by Gasteiger charge is -2.56. The van der Waals surface area contributed by atoms with Crippen molar-refractivity contribution < 1.29 is 36.4 Å². The minimum atomic E-state index is -4.73. The van der Waals surface area contributed by atoms with Gasteiger partial charge < -0.3 is 24.7 Å². The Bertz CT molecular complexity index is 2830. The number of nitrogens with one attached hydrogen (secondary N) is 3. The highest BCUT2D eigenvalue weighted by molar-refractivity contribution is 7.90. The highest BCUT2D eigenvalue weighted by Gasteiger charge is 2.50. The number of halogens is 2. The van der Waals surface area contributed by atoms with E-state index in [1.165, 1.54) is 48.5 Å². The van der Waals surface area contributed by atoms with Crippen LogP contribution in [0.25, 0.3) is 11.0 Å². The van der Waals surface area contributed by atoms with Crippen LogP contribution >= 0.6 is 0 Å². The Morgan fingerprint density at radius 3 is 2.54 bits per heavy atom. The van der Waals surface area contributed by atoms with Gasteiger partial charge in [0.15, 0.2) is 11.4 Å². The van der Waals surface area contributed by atoms with E-state index in [1.807, 2.05) is 0 Å². The maximum atomic E-state index is 14.7. The highest BCUT2D eigenvalue weighted by Crippen LogP contribution is 2.54. The van der Waals surface area contributed by atoms with Crippen LogP contribution in [-0.2, 0) is 10.0 Å². The maximum Gasteiger partial charge on any atom is 0.297 e.